The quantitative estimate of drug-likeness (QED) is 0.569. The number of phenols is 1. The predicted molar refractivity (Wildman–Crippen MR) is 77.6 cm³/mol. The Morgan fingerprint density at radius 3 is 2.90 bits per heavy atom. The van der Waals surface area contributed by atoms with Crippen molar-refractivity contribution in [3.8, 4) is 5.75 Å². The molecule has 0 aromatic heterocycles. The van der Waals surface area contributed by atoms with Crippen LogP contribution in [0, 0.1) is 5.92 Å². The van der Waals surface area contributed by atoms with E-state index in [4.69, 9.17) is 5.73 Å². The van der Waals surface area contributed by atoms with E-state index in [2.05, 4.69) is 10.2 Å². The molecule has 20 heavy (non-hydrogen) atoms. The van der Waals surface area contributed by atoms with Crippen molar-refractivity contribution < 1.29 is 9.90 Å². The number of likely N-dealkylation sites (tertiary alicyclic amines) is 1. The molecule has 1 aromatic rings. The highest BCUT2D eigenvalue weighted by Gasteiger charge is 2.34. The van der Waals surface area contributed by atoms with Gasteiger partial charge in [-0.05, 0) is 49.9 Å². The summed E-state index contributed by atoms with van der Waals surface area (Å²) < 4.78 is 0. The number of nitrogens with two attached hydrogens (primary N) is 1. The molecular weight excluding hydrogens is 254 g/mol. The lowest BCUT2D eigenvalue weighted by Gasteiger charge is -2.15. The van der Waals surface area contributed by atoms with Crippen molar-refractivity contribution in [1.82, 2.24) is 10.2 Å². The van der Waals surface area contributed by atoms with E-state index in [1.165, 1.54) is 18.9 Å². The van der Waals surface area contributed by atoms with Crippen molar-refractivity contribution in [3.63, 3.8) is 0 Å². The molecule has 2 fully saturated rings. The lowest BCUT2D eigenvalue weighted by molar-refractivity contribution is 0.0947. The van der Waals surface area contributed by atoms with Gasteiger partial charge >= 0.3 is 0 Å². The minimum absolute atomic E-state index is 0.0431. The average molecular weight is 275 g/mol. The number of nitrogens with one attached hydrogen (secondary N) is 1. The monoisotopic (exact) mass is 275 g/mol. The Balaban J connectivity index is 1.50. The summed E-state index contributed by atoms with van der Waals surface area (Å²) in [5.41, 5.74) is 6.27. The van der Waals surface area contributed by atoms with Crippen LogP contribution in [0.4, 0.5) is 5.69 Å². The summed E-state index contributed by atoms with van der Waals surface area (Å²) in [6.45, 7) is 2.96. The molecule has 1 unspecified atom stereocenters. The van der Waals surface area contributed by atoms with Crippen LogP contribution in [0.15, 0.2) is 18.2 Å². The van der Waals surface area contributed by atoms with E-state index < -0.39 is 0 Å². The number of amides is 1. The Morgan fingerprint density at radius 2 is 2.20 bits per heavy atom. The smallest absolute Gasteiger partial charge is 0.251 e. The van der Waals surface area contributed by atoms with Crippen molar-refractivity contribution >= 4 is 11.6 Å². The minimum atomic E-state index is -0.148. The molecule has 1 aromatic carbocycles. The van der Waals surface area contributed by atoms with E-state index in [9.17, 15) is 9.90 Å². The van der Waals surface area contributed by atoms with Gasteiger partial charge in [-0.2, -0.15) is 0 Å². The van der Waals surface area contributed by atoms with Crippen LogP contribution in [-0.2, 0) is 0 Å². The van der Waals surface area contributed by atoms with E-state index >= 15 is 0 Å². The van der Waals surface area contributed by atoms with Crippen molar-refractivity contribution in [3.05, 3.63) is 23.8 Å². The van der Waals surface area contributed by atoms with E-state index in [0.717, 1.165) is 25.6 Å². The van der Waals surface area contributed by atoms with Gasteiger partial charge in [0.15, 0.2) is 0 Å². The molecule has 0 spiro atoms. The van der Waals surface area contributed by atoms with Gasteiger partial charge in [-0.3, -0.25) is 4.79 Å². The van der Waals surface area contributed by atoms with Crippen LogP contribution in [0.5, 0.6) is 5.75 Å². The fraction of sp³-hybridized carbons (Fsp3) is 0.533. The van der Waals surface area contributed by atoms with E-state index in [1.54, 1.807) is 12.1 Å². The molecule has 108 valence electrons. The number of carbonyl (C=O) groups excluding carboxylic acids is 1. The maximum Gasteiger partial charge on any atom is 0.251 e. The van der Waals surface area contributed by atoms with Gasteiger partial charge in [-0.25, -0.2) is 0 Å². The van der Waals surface area contributed by atoms with Gasteiger partial charge in [0.05, 0.1) is 5.69 Å². The molecule has 5 heteroatoms. The molecule has 2 aliphatic rings. The first-order valence-corrected chi connectivity index (χ1v) is 7.24. The first kappa shape index (κ1) is 13.2. The number of phenolic OH excluding ortho intramolecular Hbond substituents is 1. The Hall–Kier alpha value is -1.75. The molecule has 0 bridgehead atoms. The van der Waals surface area contributed by atoms with Gasteiger partial charge < -0.3 is 21.1 Å². The van der Waals surface area contributed by atoms with Gasteiger partial charge in [-0.15, -0.1) is 0 Å². The third-order valence-electron chi connectivity index (χ3n) is 4.22. The standard InChI is InChI=1S/C15H21N3O2/c16-13-4-1-11(7-14(13)19)15(20)17-8-10-5-6-18(9-10)12-2-3-12/h1,4,7,10,12,19H,2-3,5-6,8-9,16H2,(H,17,20). The fourth-order valence-electron chi connectivity index (χ4n) is 2.82. The van der Waals surface area contributed by atoms with Crippen LogP contribution in [0.3, 0.4) is 0 Å². The summed E-state index contributed by atoms with van der Waals surface area (Å²) in [4.78, 5) is 14.5. The minimum Gasteiger partial charge on any atom is -0.506 e. The summed E-state index contributed by atoms with van der Waals surface area (Å²) in [6, 6.07) is 5.41. The third kappa shape index (κ3) is 2.88. The molecule has 1 atom stereocenters. The molecular formula is C15H21N3O2. The van der Waals surface area contributed by atoms with Crippen LogP contribution < -0.4 is 11.1 Å². The number of rotatable bonds is 4. The van der Waals surface area contributed by atoms with E-state index in [1.807, 2.05) is 0 Å². The second kappa shape index (κ2) is 5.32. The maximum absolute atomic E-state index is 12.0. The topological polar surface area (TPSA) is 78.6 Å². The molecule has 4 N–H and O–H groups in total. The molecule has 1 amide bonds. The first-order valence-electron chi connectivity index (χ1n) is 7.24. The van der Waals surface area contributed by atoms with Gasteiger partial charge in [0, 0.05) is 24.7 Å². The number of benzene rings is 1. The first-order chi connectivity index (χ1) is 9.63. The van der Waals surface area contributed by atoms with Crippen LogP contribution in [0.25, 0.3) is 0 Å². The second-order valence-corrected chi connectivity index (χ2v) is 5.86. The van der Waals surface area contributed by atoms with Gasteiger partial charge in [0.2, 0.25) is 0 Å². The number of hydrogen-bond acceptors (Lipinski definition) is 4. The Morgan fingerprint density at radius 1 is 1.40 bits per heavy atom. The number of anilines is 1. The fourth-order valence-corrected chi connectivity index (χ4v) is 2.82. The summed E-state index contributed by atoms with van der Waals surface area (Å²) in [5.74, 6) is 0.352. The summed E-state index contributed by atoms with van der Waals surface area (Å²) >= 11 is 0. The Labute approximate surface area is 118 Å². The van der Waals surface area contributed by atoms with Crippen molar-refractivity contribution in [2.75, 3.05) is 25.4 Å². The van der Waals surface area contributed by atoms with Gasteiger partial charge in [0.25, 0.3) is 5.91 Å². The average Bonchev–Trinajstić information content (AvgIpc) is 3.18. The normalized spacial score (nSPS) is 22.9. The lowest BCUT2D eigenvalue weighted by atomic mass is 10.1. The number of aromatic hydroxyl groups is 1. The van der Waals surface area contributed by atoms with Crippen LogP contribution in [0.1, 0.15) is 29.6 Å². The lowest BCUT2D eigenvalue weighted by Crippen LogP contribution is -2.31. The molecule has 1 aliphatic heterocycles. The molecule has 1 aliphatic carbocycles. The van der Waals surface area contributed by atoms with Crippen LogP contribution >= 0.6 is 0 Å². The van der Waals surface area contributed by atoms with E-state index in [-0.39, 0.29) is 17.3 Å². The predicted octanol–water partition coefficient (Wildman–Crippen LogP) is 1.19. The summed E-state index contributed by atoms with van der Waals surface area (Å²) in [7, 11) is 0. The Bertz CT molecular complexity index is 514. The van der Waals surface area contributed by atoms with Crippen molar-refractivity contribution in [2.24, 2.45) is 5.92 Å². The summed E-state index contributed by atoms with van der Waals surface area (Å²) in [5, 5.41) is 12.5. The van der Waals surface area contributed by atoms with Crippen molar-refractivity contribution in [1.29, 1.82) is 0 Å². The number of nitrogen functional groups attached to an aromatic ring is 1. The van der Waals surface area contributed by atoms with Crippen LogP contribution in [-0.4, -0.2) is 41.6 Å². The molecule has 3 rings (SSSR count). The highest BCUT2D eigenvalue weighted by Crippen LogP contribution is 2.31. The largest absolute Gasteiger partial charge is 0.506 e. The van der Waals surface area contributed by atoms with E-state index in [0.29, 0.717) is 18.0 Å². The second-order valence-electron chi connectivity index (χ2n) is 5.86. The number of hydrogen-bond donors (Lipinski definition) is 3. The maximum atomic E-state index is 12.0. The number of carbonyl (C=O) groups is 1. The molecule has 5 nitrogen and oxygen atoms in total. The third-order valence-corrected chi connectivity index (χ3v) is 4.22. The Kier molecular flexibility index (Phi) is 3.53. The van der Waals surface area contributed by atoms with Crippen molar-refractivity contribution in [2.45, 2.75) is 25.3 Å². The number of nitrogens with zero attached hydrogens (tertiary/aromatic N) is 1. The highest BCUT2D eigenvalue weighted by molar-refractivity contribution is 5.95. The van der Waals surface area contributed by atoms with Gasteiger partial charge in [0.1, 0.15) is 5.75 Å². The summed E-state index contributed by atoms with van der Waals surface area (Å²) in [6.07, 6.45) is 3.83. The molecule has 0 radical (unpaired) electrons. The molecule has 1 saturated heterocycles. The molecule has 1 saturated carbocycles. The van der Waals surface area contributed by atoms with Crippen LogP contribution in [0.2, 0.25) is 0 Å². The van der Waals surface area contributed by atoms with Gasteiger partial charge in [-0.1, -0.05) is 0 Å². The SMILES string of the molecule is Nc1ccc(C(=O)NCC2CCN(C3CC3)C2)cc1O. The highest BCUT2D eigenvalue weighted by atomic mass is 16.3. The zero-order valence-electron chi connectivity index (χ0n) is 11.5. The zero-order chi connectivity index (χ0) is 14.1. The molecule has 1 heterocycles. The zero-order valence-corrected chi connectivity index (χ0v) is 11.5.